The van der Waals surface area contributed by atoms with Gasteiger partial charge in [0.25, 0.3) is 0 Å². The van der Waals surface area contributed by atoms with Crippen molar-refractivity contribution >= 4 is 12.0 Å². The molecule has 0 saturated carbocycles. The lowest BCUT2D eigenvalue weighted by Crippen LogP contribution is -2.31. The van der Waals surface area contributed by atoms with Crippen LogP contribution in [0.3, 0.4) is 0 Å². The molecule has 1 amide bonds. The Morgan fingerprint density at radius 3 is 2.75 bits per heavy atom. The number of nitrogens with one attached hydrogen (secondary N) is 1. The Labute approximate surface area is 165 Å². The predicted molar refractivity (Wildman–Crippen MR) is 109 cm³/mol. The summed E-state index contributed by atoms with van der Waals surface area (Å²) in [4.78, 5) is 16.3. The maximum atomic E-state index is 12.1. The van der Waals surface area contributed by atoms with Crippen molar-refractivity contribution in [2.24, 2.45) is 0 Å². The molecule has 0 aliphatic heterocycles. The number of carbonyl (C=O) groups is 1. The molecule has 1 N–H and O–H groups in total. The summed E-state index contributed by atoms with van der Waals surface area (Å²) in [6.07, 6.45) is 8.38. The molecule has 144 valence electrons. The van der Waals surface area contributed by atoms with Gasteiger partial charge in [-0.25, -0.2) is 0 Å². The molecule has 0 saturated heterocycles. The third-order valence-corrected chi connectivity index (χ3v) is 4.21. The summed E-state index contributed by atoms with van der Waals surface area (Å²) in [7, 11) is 0. The SMILES string of the molecule is CC(CCc1ccco1)NC(=O)/C=C/c1ccc(OCc2ccccn2)cc1. The number of aryl methyl sites for hydroxylation is 1. The summed E-state index contributed by atoms with van der Waals surface area (Å²) >= 11 is 0. The van der Waals surface area contributed by atoms with E-state index in [2.05, 4.69) is 10.3 Å². The van der Waals surface area contributed by atoms with Crippen molar-refractivity contribution in [1.82, 2.24) is 10.3 Å². The number of nitrogens with zero attached hydrogens (tertiary/aromatic N) is 1. The number of furan rings is 1. The summed E-state index contributed by atoms with van der Waals surface area (Å²) in [5.74, 6) is 1.59. The third-order valence-electron chi connectivity index (χ3n) is 4.21. The number of hydrogen-bond acceptors (Lipinski definition) is 4. The second-order valence-electron chi connectivity index (χ2n) is 6.54. The van der Waals surface area contributed by atoms with Gasteiger partial charge in [0, 0.05) is 24.7 Å². The lowest BCUT2D eigenvalue weighted by atomic mass is 10.1. The van der Waals surface area contributed by atoms with Crippen molar-refractivity contribution in [3.63, 3.8) is 0 Å². The minimum absolute atomic E-state index is 0.0737. The third kappa shape index (κ3) is 6.43. The van der Waals surface area contributed by atoms with Crippen LogP contribution in [0.15, 0.2) is 77.6 Å². The summed E-state index contributed by atoms with van der Waals surface area (Å²) in [5.41, 5.74) is 1.81. The lowest BCUT2D eigenvalue weighted by molar-refractivity contribution is -0.117. The molecule has 2 aromatic heterocycles. The fraction of sp³-hybridized carbons (Fsp3) is 0.217. The van der Waals surface area contributed by atoms with Crippen molar-refractivity contribution < 1.29 is 13.9 Å². The standard InChI is InChI=1S/C23H24N2O3/c1-18(7-11-21-6-4-16-27-21)25-23(26)14-10-19-8-12-22(13-9-19)28-17-20-5-2-3-15-24-20/h2-6,8-10,12-16,18H,7,11,17H2,1H3,(H,25,26)/b14-10+. The molecule has 5 nitrogen and oxygen atoms in total. The zero-order valence-electron chi connectivity index (χ0n) is 15.9. The van der Waals surface area contributed by atoms with Crippen LogP contribution in [0, 0.1) is 0 Å². The first-order chi connectivity index (χ1) is 13.7. The van der Waals surface area contributed by atoms with Crippen LogP contribution in [-0.4, -0.2) is 16.9 Å². The number of aromatic nitrogens is 1. The molecular weight excluding hydrogens is 352 g/mol. The van der Waals surface area contributed by atoms with E-state index >= 15 is 0 Å². The van der Waals surface area contributed by atoms with Crippen LogP contribution in [0.1, 0.15) is 30.4 Å². The number of carbonyl (C=O) groups excluding carboxylic acids is 1. The van der Waals surface area contributed by atoms with Crippen LogP contribution in [0.25, 0.3) is 6.08 Å². The van der Waals surface area contributed by atoms with Gasteiger partial charge in [-0.1, -0.05) is 18.2 Å². The smallest absolute Gasteiger partial charge is 0.244 e. The normalized spacial score (nSPS) is 12.0. The van der Waals surface area contributed by atoms with Crippen LogP contribution in [0.5, 0.6) is 5.75 Å². The van der Waals surface area contributed by atoms with E-state index in [-0.39, 0.29) is 11.9 Å². The Hall–Kier alpha value is -3.34. The van der Waals surface area contributed by atoms with E-state index in [4.69, 9.17) is 9.15 Å². The Balaban J connectivity index is 1.42. The molecule has 1 aromatic carbocycles. The fourth-order valence-corrected chi connectivity index (χ4v) is 2.66. The molecule has 0 aliphatic rings. The highest BCUT2D eigenvalue weighted by Gasteiger charge is 2.06. The molecule has 1 atom stereocenters. The van der Waals surface area contributed by atoms with Crippen molar-refractivity contribution in [3.05, 3.63) is 90.2 Å². The van der Waals surface area contributed by atoms with E-state index < -0.39 is 0 Å². The zero-order valence-corrected chi connectivity index (χ0v) is 15.9. The quantitative estimate of drug-likeness (QED) is 0.562. The maximum Gasteiger partial charge on any atom is 0.244 e. The molecule has 0 radical (unpaired) electrons. The predicted octanol–water partition coefficient (Wildman–Crippen LogP) is 4.40. The van der Waals surface area contributed by atoms with Crippen LogP contribution < -0.4 is 10.1 Å². The van der Waals surface area contributed by atoms with Gasteiger partial charge in [0.15, 0.2) is 0 Å². The van der Waals surface area contributed by atoms with E-state index in [1.54, 1.807) is 24.6 Å². The van der Waals surface area contributed by atoms with Crippen molar-refractivity contribution in [2.75, 3.05) is 0 Å². The highest BCUT2D eigenvalue weighted by Crippen LogP contribution is 2.14. The molecule has 3 rings (SSSR count). The largest absolute Gasteiger partial charge is 0.487 e. The second kappa shape index (κ2) is 10.1. The van der Waals surface area contributed by atoms with Gasteiger partial charge >= 0.3 is 0 Å². The molecule has 2 heterocycles. The van der Waals surface area contributed by atoms with Crippen LogP contribution in [0.4, 0.5) is 0 Å². The summed E-state index contributed by atoms with van der Waals surface area (Å²) < 4.78 is 11.0. The molecule has 5 heteroatoms. The first kappa shape index (κ1) is 19.4. The number of pyridine rings is 1. The van der Waals surface area contributed by atoms with Crippen molar-refractivity contribution in [1.29, 1.82) is 0 Å². The Morgan fingerprint density at radius 2 is 2.04 bits per heavy atom. The van der Waals surface area contributed by atoms with Crippen LogP contribution >= 0.6 is 0 Å². The van der Waals surface area contributed by atoms with E-state index in [0.717, 1.165) is 35.6 Å². The average molecular weight is 376 g/mol. The zero-order chi connectivity index (χ0) is 19.6. The number of hydrogen-bond donors (Lipinski definition) is 1. The van der Waals surface area contributed by atoms with Gasteiger partial charge in [-0.05, 0) is 61.4 Å². The number of benzene rings is 1. The number of rotatable bonds is 9. The highest BCUT2D eigenvalue weighted by molar-refractivity contribution is 5.91. The molecule has 3 aromatic rings. The Kier molecular flexibility index (Phi) is 7.01. The summed E-state index contributed by atoms with van der Waals surface area (Å²) in [5, 5.41) is 2.96. The van der Waals surface area contributed by atoms with Gasteiger partial charge in [-0.3, -0.25) is 9.78 Å². The summed E-state index contributed by atoms with van der Waals surface area (Å²) in [6.45, 7) is 2.41. The molecule has 0 aliphatic carbocycles. The molecule has 0 fully saturated rings. The Bertz CT molecular complexity index is 872. The van der Waals surface area contributed by atoms with Gasteiger partial charge in [0.1, 0.15) is 18.1 Å². The number of amides is 1. The highest BCUT2D eigenvalue weighted by atomic mass is 16.5. The van der Waals surface area contributed by atoms with Crippen molar-refractivity contribution in [2.45, 2.75) is 32.4 Å². The molecule has 0 spiro atoms. The van der Waals surface area contributed by atoms with Gasteiger partial charge in [-0.15, -0.1) is 0 Å². The van der Waals surface area contributed by atoms with Gasteiger partial charge in [-0.2, -0.15) is 0 Å². The van der Waals surface area contributed by atoms with Crippen molar-refractivity contribution in [3.8, 4) is 5.75 Å². The van der Waals surface area contributed by atoms with E-state index in [9.17, 15) is 4.79 Å². The average Bonchev–Trinajstić information content (AvgIpc) is 3.24. The lowest BCUT2D eigenvalue weighted by Gasteiger charge is -2.11. The maximum absolute atomic E-state index is 12.1. The van der Waals surface area contributed by atoms with Gasteiger partial charge in [0.05, 0.1) is 12.0 Å². The molecule has 0 bridgehead atoms. The fourth-order valence-electron chi connectivity index (χ4n) is 2.66. The van der Waals surface area contributed by atoms with E-state index in [0.29, 0.717) is 6.61 Å². The minimum Gasteiger partial charge on any atom is -0.487 e. The molecule has 28 heavy (non-hydrogen) atoms. The number of ether oxygens (including phenoxy) is 1. The van der Waals surface area contributed by atoms with Crippen LogP contribution in [0.2, 0.25) is 0 Å². The molecule has 1 unspecified atom stereocenters. The topological polar surface area (TPSA) is 64.4 Å². The van der Waals surface area contributed by atoms with E-state index in [1.807, 2.05) is 61.5 Å². The first-order valence-electron chi connectivity index (χ1n) is 9.33. The minimum atomic E-state index is -0.109. The van der Waals surface area contributed by atoms with Gasteiger partial charge in [0.2, 0.25) is 5.91 Å². The monoisotopic (exact) mass is 376 g/mol. The van der Waals surface area contributed by atoms with Gasteiger partial charge < -0.3 is 14.5 Å². The first-order valence-corrected chi connectivity index (χ1v) is 9.33. The second-order valence-corrected chi connectivity index (χ2v) is 6.54. The summed E-state index contributed by atoms with van der Waals surface area (Å²) in [6, 6.07) is 17.2. The Morgan fingerprint density at radius 1 is 1.18 bits per heavy atom. The molecular formula is C23H24N2O3. The van der Waals surface area contributed by atoms with E-state index in [1.165, 1.54) is 0 Å². The van der Waals surface area contributed by atoms with Crippen LogP contribution in [-0.2, 0) is 17.8 Å².